The maximum Gasteiger partial charge on any atom is 0.226 e. The number of carbonyl (C=O) groups excluding carboxylic acids is 1. The molecule has 100 valence electrons. The van der Waals surface area contributed by atoms with E-state index in [9.17, 15) is 4.79 Å². The lowest BCUT2D eigenvalue weighted by Crippen LogP contribution is -2.47. The molecule has 0 saturated carbocycles. The van der Waals surface area contributed by atoms with E-state index in [2.05, 4.69) is 22.5 Å². The molecule has 0 radical (unpaired) electrons. The van der Waals surface area contributed by atoms with Gasteiger partial charge in [-0.05, 0) is 39.3 Å². The molecule has 2 heterocycles. The van der Waals surface area contributed by atoms with Gasteiger partial charge in [-0.25, -0.2) is 4.98 Å². The van der Waals surface area contributed by atoms with Crippen molar-refractivity contribution < 1.29 is 4.79 Å². The summed E-state index contributed by atoms with van der Waals surface area (Å²) in [6.07, 6.45) is 4.65. The highest BCUT2D eigenvalue weighted by molar-refractivity contribution is 7.11. The van der Waals surface area contributed by atoms with Gasteiger partial charge in [0.15, 0.2) is 0 Å². The number of aryl methyl sites for hydroxylation is 1. The Bertz CT molecular complexity index is 410. The highest BCUT2D eigenvalue weighted by Crippen LogP contribution is 2.32. The molecule has 1 aliphatic rings. The van der Waals surface area contributed by atoms with Gasteiger partial charge in [0.1, 0.15) is 0 Å². The van der Waals surface area contributed by atoms with Crippen LogP contribution in [0.25, 0.3) is 0 Å². The molecule has 1 aromatic rings. The molecule has 1 fully saturated rings. The fraction of sp³-hybridized carbons (Fsp3) is 0.692. The van der Waals surface area contributed by atoms with E-state index < -0.39 is 0 Å². The Kier molecular flexibility index (Phi) is 4.35. The third kappa shape index (κ3) is 2.90. The first kappa shape index (κ1) is 13.5. The Hall–Kier alpha value is -0.940. The number of hydrogen-bond donors (Lipinski definition) is 2. The summed E-state index contributed by atoms with van der Waals surface area (Å²) in [5.74, 6) is 0.206. The normalized spacial score (nSPS) is 18.6. The minimum absolute atomic E-state index is 0.162. The van der Waals surface area contributed by atoms with Crippen LogP contribution in [0.1, 0.15) is 36.1 Å². The third-order valence-electron chi connectivity index (χ3n) is 3.81. The SMILES string of the molecule is CCC1(C(=O)NCc2cnc(C)s2)CCNCC1. The van der Waals surface area contributed by atoms with Gasteiger partial charge in [-0.1, -0.05) is 6.92 Å². The van der Waals surface area contributed by atoms with Gasteiger partial charge in [-0.15, -0.1) is 11.3 Å². The number of aromatic nitrogens is 1. The minimum Gasteiger partial charge on any atom is -0.351 e. The number of thiazole rings is 1. The Labute approximate surface area is 112 Å². The molecule has 1 amide bonds. The predicted molar refractivity (Wildman–Crippen MR) is 73.5 cm³/mol. The number of amides is 1. The van der Waals surface area contributed by atoms with E-state index in [1.54, 1.807) is 11.3 Å². The number of hydrogen-bond acceptors (Lipinski definition) is 4. The Morgan fingerprint density at radius 2 is 2.28 bits per heavy atom. The molecule has 2 N–H and O–H groups in total. The standard InChI is InChI=1S/C13H21N3OS/c1-3-13(4-6-14-7-5-13)12(17)16-9-11-8-15-10(2)18-11/h8,14H,3-7,9H2,1-2H3,(H,16,17). The molecule has 4 nitrogen and oxygen atoms in total. The van der Waals surface area contributed by atoms with E-state index in [4.69, 9.17) is 0 Å². The predicted octanol–water partition coefficient (Wildman–Crippen LogP) is 1.85. The van der Waals surface area contributed by atoms with E-state index in [0.717, 1.165) is 42.2 Å². The molecule has 5 heteroatoms. The Morgan fingerprint density at radius 1 is 1.56 bits per heavy atom. The lowest BCUT2D eigenvalue weighted by Gasteiger charge is -2.35. The van der Waals surface area contributed by atoms with Crippen molar-refractivity contribution >= 4 is 17.2 Å². The Morgan fingerprint density at radius 3 is 2.83 bits per heavy atom. The molecule has 0 unspecified atom stereocenters. The molecule has 0 bridgehead atoms. The van der Waals surface area contributed by atoms with E-state index >= 15 is 0 Å². The summed E-state index contributed by atoms with van der Waals surface area (Å²) in [6, 6.07) is 0. The summed E-state index contributed by atoms with van der Waals surface area (Å²) in [4.78, 5) is 17.7. The van der Waals surface area contributed by atoms with Crippen LogP contribution in [0.5, 0.6) is 0 Å². The molecular weight excluding hydrogens is 246 g/mol. The first-order valence-corrected chi connectivity index (χ1v) is 7.38. The van der Waals surface area contributed by atoms with Crippen molar-refractivity contribution in [3.05, 3.63) is 16.1 Å². The molecule has 0 aromatic carbocycles. The molecule has 0 atom stereocenters. The average molecular weight is 267 g/mol. The van der Waals surface area contributed by atoms with Crippen LogP contribution in [0, 0.1) is 12.3 Å². The van der Waals surface area contributed by atoms with Gasteiger partial charge in [0.2, 0.25) is 5.91 Å². The summed E-state index contributed by atoms with van der Waals surface area (Å²) >= 11 is 1.64. The van der Waals surface area contributed by atoms with Crippen molar-refractivity contribution in [3.8, 4) is 0 Å². The van der Waals surface area contributed by atoms with Gasteiger partial charge in [0.05, 0.1) is 17.0 Å². The zero-order valence-corrected chi connectivity index (χ0v) is 11.9. The highest BCUT2D eigenvalue weighted by atomic mass is 32.1. The first-order valence-electron chi connectivity index (χ1n) is 6.56. The largest absolute Gasteiger partial charge is 0.351 e. The first-order chi connectivity index (χ1) is 8.66. The molecule has 1 aromatic heterocycles. The molecular formula is C13H21N3OS. The van der Waals surface area contributed by atoms with Gasteiger partial charge >= 0.3 is 0 Å². The summed E-state index contributed by atoms with van der Waals surface area (Å²) in [5, 5.41) is 7.44. The maximum absolute atomic E-state index is 12.4. The molecule has 0 aliphatic carbocycles. The molecule has 0 spiro atoms. The summed E-state index contributed by atoms with van der Waals surface area (Å²) in [5.41, 5.74) is -0.162. The van der Waals surface area contributed by atoms with E-state index in [0.29, 0.717) is 6.54 Å². The van der Waals surface area contributed by atoms with Crippen molar-refractivity contribution in [2.24, 2.45) is 5.41 Å². The van der Waals surface area contributed by atoms with Crippen LogP contribution in [0.2, 0.25) is 0 Å². The van der Waals surface area contributed by atoms with Crippen molar-refractivity contribution in [3.63, 3.8) is 0 Å². The van der Waals surface area contributed by atoms with Crippen molar-refractivity contribution in [1.29, 1.82) is 0 Å². The van der Waals surface area contributed by atoms with Crippen LogP contribution < -0.4 is 10.6 Å². The lowest BCUT2D eigenvalue weighted by molar-refractivity contribution is -0.133. The van der Waals surface area contributed by atoms with Gasteiger partial charge in [-0.2, -0.15) is 0 Å². The van der Waals surface area contributed by atoms with Crippen molar-refractivity contribution in [1.82, 2.24) is 15.6 Å². The number of rotatable bonds is 4. The second-order valence-corrected chi connectivity index (χ2v) is 6.23. The number of nitrogens with zero attached hydrogens (tertiary/aromatic N) is 1. The molecule has 2 rings (SSSR count). The fourth-order valence-electron chi connectivity index (χ4n) is 2.49. The zero-order valence-electron chi connectivity index (χ0n) is 11.1. The molecule has 1 saturated heterocycles. The minimum atomic E-state index is -0.162. The van der Waals surface area contributed by atoms with E-state index in [-0.39, 0.29) is 11.3 Å². The van der Waals surface area contributed by atoms with Gasteiger partial charge in [-0.3, -0.25) is 4.79 Å². The third-order valence-corrected chi connectivity index (χ3v) is 4.72. The number of carbonyl (C=O) groups is 1. The van der Waals surface area contributed by atoms with Crippen molar-refractivity contribution in [2.45, 2.75) is 39.7 Å². The summed E-state index contributed by atoms with van der Waals surface area (Å²) < 4.78 is 0. The summed E-state index contributed by atoms with van der Waals surface area (Å²) in [6.45, 7) is 6.60. The second-order valence-electron chi connectivity index (χ2n) is 4.91. The quantitative estimate of drug-likeness (QED) is 0.875. The van der Waals surface area contributed by atoms with Crippen LogP contribution in [-0.4, -0.2) is 24.0 Å². The Balaban J connectivity index is 1.93. The number of nitrogens with one attached hydrogen (secondary N) is 2. The van der Waals surface area contributed by atoms with E-state index in [1.165, 1.54) is 0 Å². The monoisotopic (exact) mass is 267 g/mol. The number of piperidine rings is 1. The summed E-state index contributed by atoms with van der Waals surface area (Å²) in [7, 11) is 0. The fourth-order valence-corrected chi connectivity index (χ4v) is 3.22. The van der Waals surface area contributed by atoms with Gasteiger partial charge in [0, 0.05) is 11.1 Å². The molecule has 18 heavy (non-hydrogen) atoms. The van der Waals surface area contributed by atoms with Gasteiger partial charge in [0.25, 0.3) is 0 Å². The van der Waals surface area contributed by atoms with Crippen LogP contribution >= 0.6 is 11.3 Å². The highest BCUT2D eigenvalue weighted by Gasteiger charge is 2.37. The lowest BCUT2D eigenvalue weighted by atomic mass is 9.76. The van der Waals surface area contributed by atoms with Crippen molar-refractivity contribution in [2.75, 3.05) is 13.1 Å². The molecule has 1 aliphatic heterocycles. The zero-order chi connectivity index (χ0) is 13.0. The topological polar surface area (TPSA) is 54.0 Å². The van der Waals surface area contributed by atoms with Crippen LogP contribution in [0.15, 0.2) is 6.20 Å². The second kappa shape index (κ2) is 5.80. The maximum atomic E-state index is 12.4. The van der Waals surface area contributed by atoms with E-state index in [1.807, 2.05) is 13.1 Å². The van der Waals surface area contributed by atoms with Crippen LogP contribution in [-0.2, 0) is 11.3 Å². The smallest absolute Gasteiger partial charge is 0.226 e. The van der Waals surface area contributed by atoms with Gasteiger partial charge < -0.3 is 10.6 Å². The van der Waals surface area contributed by atoms with Crippen LogP contribution in [0.3, 0.4) is 0 Å². The van der Waals surface area contributed by atoms with Crippen LogP contribution in [0.4, 0.5) is 0 Å². The average Bonchev–Trinajstić information content (AvgIpc) is 2.82.